The molecule has 1 saturated carbocycles. The van der Waals surface area contributed by atoms with E-state index < -0.39 is 0 Å². The maximum absolute atomic E-state index is 11.8. The number of hydrogen-bond donors (Lipinski definition) is 0. The molecule has 1 aliphatic carbocycles. The Morgan fingerprint density at radius 2 is 1.74 bits per heavy atom. The van der Waals surface area contributed by atoms with Gasteiger partial charge >= 0.3 is 5.97 Å². The molecule has 0 aliphatic heterocycles. The summed E-state index contributed by atoms with van der Waals surface area (Å²) >= 11 is 0. The fraction of sp³-hybridized carbons (Fsp3) is 0.393. The second-order valence-electron chi connectivity index (χ2n) is 8.51. The first kappa shape index (κ1) is 21.4. The van der Waals surface area contributed by atoms with E-state index in [0.29, 0.717) is 25.4 Å². The van der Waals surface area contributed by atoms with Crippen LogP contribution in [0.4, 0.5) is 0 Å². The van der Waals surface area contributed by atoms with Gasteiger partial charge in [-0.15, -0.1) is 0 Å². The minimum atomic E-state index is -0.146. The zero-order chi connectivity index (χ0) is 21.5. The molecule has 3 aromatic carbocycles. The number of ether oxygens (including phenoxy) is 2. The maximum atomic E-state index is 11.8. The van der Waals surface area contributed by atoms with Crippen molar-refractivity contribution in [2.45, 2.75) is 51.9 Å². The Balaban J connectivity index is 1.60. The lowest BCUT2D eigenvalue weighted by Gasteiger charge is -2.23. The molecule has 0 N–H and O–H groups in total. The maximum Gasteiger partial charge on any atom is 0.306 e. The molecule has 162 valence electrons. The van der Waals surface area contributed by atoms with E-state index in [1.165, 1.54) is 42.9 Å². The largest absolute Gasteiger partial charge is 0.493 e. The van der Waals surface area contributed by atoms with E-state index >= 15 is 0 Å². The molecular weight excluding hydrogens is 384 g/mol. The molecule has 0 amide bonds. The van der Waals surface area contributed by atoms with Gasteiger partial charge in [-0.25, -0.2) is 0 Å². The highest BCUT2D eigenvalue weighted by Crippen LogP contribution is 2.34. The number of carbonyl (C=O) groups excluding carboxylic acids is 1. The highest BCUT2D eigenvalue weighted by molar-refractivity contribution is 5.88. The summed E-state index contributed by atoms with van der Waals surface area (Å²) in [5.74, 6) is 1.44. The Hall–Kier alpha value is -2.81. The van der Waals surface area contributed by atoms with Gasteiger partial charge in [0.05, 0.1) is 13.2 Å². The molecule has 0 spiro atoms. The molecule has 0 atom stereocenters. The first-order valence-electron chi connectivity index (χ1n) is 11.6. The van der Waals surface area contributed by atoms with Gasteiger partial charge in [0.25, 0.3) is 0 Å². The SMILES string of the molecule is CCOC(=O)CCc1ccc(OCC2CCCCC2)c(-c2ccc3ccccc3c2)c1. The molecule has 4 rings (SSSR count). The van der Waals surface area contributed by atoms with E-state index in [4.69, 9.17) is 9.47 Å². The molecule has 3 aromatic rings. The van der Waals surface area contributed by atoms with Crippen LogP contribution in [0.2, 0.25) is 0 Å². The Labute approximate surface area is 185 Å². The van der Waals surface area contributed by atoms with Gasteiger partial charge in [0.1, 0.15) is 5.75 Å². The molecule has 0 saturated heterocycles. The lowest BCUT2D eigenvalue weighted by atomic mass is 9.90. The zero-order valence-electron chi connectivity index (χ0n) is 18.4. The van der Waals surface area contributed by atoms with Crippen molar-refractivity contribution >= 4 is 16.7 Å². The van der Waals surface area contributed by atoms with Gasteiger partial charge in [0.2, 0.25) is 0 Å². The Morgan fingerprint density at radius 1 is 0.935 bits per heavy atom. The third-order valence-electron chi connectivity index (χ3n) is 6.23. The van der Waals surface area contributed by atoms with E-state index in [1.807, 2.05) is 6.92 Å². The molecular formula is C28H32O3. The summed E-state index contributed by atoms with van der Waals surface area (Å²) in [5.41, 5.74) is 3.37. The lowest BCUT2D eigenvalue weighted by molar-refractivity contribution is -0.143. The highest BCUT2D eigenvalue weighted by atomic mass is 16.5. The molecule has 31 heavy (non-hydrogen) atoms. The van der Waals surface area contributed by atoms with Crippen LogP contribution in [0, 0.1) is 5.92 Å². The second-order valence-corrected chi connectivity index (χ2v) is 8.51. The minimum absolute atomic E-state index is 0.146. The predicted octanol–water partition coefficient (Wildman–Crippen LogP) is 6.96. The molecule has 1 aliphatic rings. The van der Waals surface area contributed by atoms with E-state index in [9.17, 15) is 4.79 Å². The fourth-order valence-corrected chi connectivity index (χ4v) is 4.48. The summed E-state index contributed by atoms with van der Waals surface area (Å²) in [5, 5.41) is 2.45. The van der Waals surface area contributed by atoms with Crippen LogP contribution < -0.4 is 4.74 Å². The molecule has 1 fully saturated rings. The summed E-state index contributed by atoms with van der Waals surface area (Å²) in [6, 6.07) is 21.3. The predicted molar refractivity (Wildman–Crippen MR) is 126 cm³/mol. The van der Waals surface area contributed by atoms with Crippen molar-refractivity contribution in [3.05, 3.63) is 66.2 Å². The van der Waals surface area contributed by atoms with Gasteiger partial charge in [-0.3, -0.25) is 4.79 Å². The van der Waals surface area contributed by atoms with Gasteiger partial charge in [-0.2, -0.15) is 0 Å². The number of fused-ring (bicyclic) bond motifs is 1. The summed E-state index contributed by atoms with van der Waals surface area (Å²) < 4.78 is 11.5. The molecule has 0 radical (unpaired) electrons. The van der Waals surface area contributed by atoms with E-state index in [-0.39, 0.29) is 5.97 Å². The van der Waals surface area contributed by atoms with Crippen LogP contribution in [-0.4, -0.2) is 19.2 Å². The number of carbonyl (C=O) groups is 1. The van der Waals surface area contributed by atoms with Crippen molar-refractivity contribution in [2.24, 2.45) is 5.92 Å². The van der Waals surface area contributed by atoms with Crippen LogP contribution in [-0.2, 0) is 16.0 Å². The molecule has 0 bridgehead atoms. The van der Waals surface area contributed by atoms with Crippen molar-refractivity contribution in [3.63, 3.8) is 0 Å². The van der Waals surface area contributed by atoms with Gasteiger partial charge < -0.3 is 9.47 Å². The monoisotopic (exact) mass is 416 g/mol. The number of esters is 1. The number of hydrogen-bond acceptors (Lipinski definition) is 3. The average molecular weight is 417 g/mol. The normalized spacial score (nSPS) is 14.5. The Kier molecular flexibility index (Phi) is 7.24. The zero-order valence-corrected chi connectivity index (χ0v) is 18.4. The summed E-state index contributed by atoms with van der Waals surface area (Å²) in [7, 11) is 0. The van der Waals surface area contributed by atoms with E-state index in [0.717, 1.165) is 29.0 Å². The standard InChI is InChI=1S/C28H32O3/c1-2-30-28(29)17-13-21-12-16-27(31-20-22-8-4-3-5-9-22)26(18-21)25-15-14-23-10-6-7-11-24(23)19-25/h6-7,10-12,14-16,18-19,22H,2-5,8-9,13,17,20H2,1H3. The van der Waals surface area contributed by atoms with Crippen LogP contribution in [0.25, 0.3) is 21.9 Å². The van der Waals surface area contributed by atoms with Crippen LogP contribution in [0.5, 0.6) is 5.75 Å². The van der Waals surface area contributed by atoms with E-state index in [2.05, 4.69) is 60.7 Å². The first-order valence-corrected chi connectivity index (χ1v) is 11.6. The van der Waals surface area contributed by atoms with Crippen LogP contribution in [0.15, 0.2) is 60.7 Å². The van der Waals surface area contributed by atoms with Gasteiger partial charge in [0.15, 0.2) is 0 Å². The Morgan fingerprint density at radius 3 is 2.55 bits per heavy atom. The third kappa shape index (κ3) is 5.66. The smallest absolute Gasteiger partial charge is 0.306 e. The van der Waals surface area contributed by atoms with E-state index in [1.54, 1.807) is 0 Å². The first-order chi connectivity index (χ1) is 15.2. The molecule has 0 unspecified atom stereocenters. The van der Waals surface area contributed by atoms with Crippen LogP contribution in [0.3, 0.4) is 0 Å². The van der Waals surface area contributed by atoms with Crippen molar-refractivity contribution in [3.8, 4) is 16.9 Å². The lowest BCUT2D eigenvalue weighted by Crippen LogP contribution is -2.15. The fourth-order valence-electron chi connectivity index (χ4n) is 4.48. The van der Waals surface area contributed by atoms with Crippen molar-refractivity contribution in [1.82, 2.24) is 0 Å². The highest BCUT2D eigenvalue weighted by Gasteiger charge is 2.16. The number of aryl methyl sites for hydroxylation is 1. The molecule has 3 heteroatoms. The van der Waals surface area contributed by atoms with Crippen molar-refractivity contribution in [2.75, 3.05) is 13.2 Å². The molecule has 3 nitrogen and oxygen atoms in total. The topological polar surface area (TPSA) is 35.5 Å². The van der Waals surface area contributed by atoms with Crippen LogP contribution in [0.1, 0.15) is 51.0 Å². The average Bonchev–Trinajstić information content (AvgIpc) is 2.82. The summed E-state index contributed by atoms with van der Waals surface area (Å²) in [4.78, 5) is 11.8. The summed E-state index contributed by atoms with van der Waals surface area (Å²) in [6.45, 7) is 3.05. The number of benzene rings is 3. The van der Waals surface area contributed by atoms with Crippen molar-refractivity contribution in [1.29, 1.82) is 0 Å². The third-order valence-corrected chi connectivity index (χ3v) is 6.23. The van der Waals surface area contributed by atoms with Crippen molar-refractivity contribution < 1.29 is 14.3 Å². The van der Waals surface area contributed by atoms with Crippen LogP contribution >= 0.6 is 0 Å². The molecule has 0 heterocycles. The Bertz CT molecular complexity index is 1020. The van der Waals surface area contributed by atoms with Gasteiger partial charge in [-0.05, 0) is 72.2 Å². The second kappa shape index (κ2) is 10.5. The van der Waals surface area contributed by atoms with Gasteiger partial charge in [-0.1, -0.05) is 61.7 Å². The molecule has 0 aromatic heterocycles. The summed E-state index contributed by atoms with van der Waals surface area (Å²) in [6.07, 6.45) is 7.59. The van der Waals surface area contributed by atoms with Gasteiger partial charge in [0, 0.05) is 12.0 Å². The minimum Gasteiger partial charge on any atom is -0.493 e. The number of rotatable bonds is 8. The quantitative estimate of drug-likeness (QED) is 0.372.